The number of benzene rings is 1. The van der Waals surface area contributed by atoms with Crippen LogP contribution in [0.3, 0.4) is 0 Å². The Bertz CT molecular complexity index is 714. The predicted molar refractivity (Wildman–Crippen MR) is 89.9 cm³/mol. The Morgan fingerprint density at radius 1 is 1.26 bits per heavy atom. The van der Waals surface area contributed by atoms with E-state index in [0.29, 0.717) is 22.7 Å². The molecular formula is C18H22N2O3. The first-order chi connectivity index (χ1) is 10.8. The lowest BCUT2D eigenvalue weighted by Gasteiger charge is -2.24. The van der Waals surface area contributed by atoms with Gasteiger partial charge in [0.1, 0.15) is 5.60 Å². The number of hydrogen-bond acceptors (Lipinski definition) is 4. The molecule has 0 bridgehead atoms. The molecule has 0 saturated carbocycles. The van der Waals surface area contributed by atoms with Crippen LogP contribution in [0.2, 0.25) is 0 Å². The fourth-order valence-corrected chi connectivity index (χ4v) is 2.85. The molecule has 0 saturated heterocycles. The number of aliphatic imine (C=N–C) groups is 1. The van der Waals surface area contributed by atoms with E-state index in [1.807, 2.05) is 40.1 Å². The van der Waals surface area contributed by atoms with Gasteiger partial charge in [-0.15, -0.1) is 0 Å². The third-order valence-corrected chi connectivity index (χ3v) is 3.80. The van der Waals surface area contributed by atoms with Gasteiger partial charge in [0.2, 0.25) is 0 Å². The van der Waals surface area contributed by atoms with Crippen LogP contribution >= 0.6 is 0 Å². The number of ether oxygens (including phenoxy) is 2. The van der Waals surface area contributed by atoms with E-state index in [1.165, 1.54) is 5.57 Å². The number of carbonyl (C=O) groups is 1. The Morgan fingerprint density at radius 2 is 2.00 bits per heavy atom. The maximum Gasteiger partial charge on any atom is 0.260 e. The number of methoxy groups -OCH3 is 1. The van der Waals surface area contributed by atoms with E-state index in [9.17, 15) is 4.79 Å². The predicted octanol–water partition coefficient (Wildman–Crippen LogP) is 3.71. The third kappa shape index (κ3) is 2.96. The largest absolute Gasteiger partial charge is 0.493 e. The van der Waals surface area contributed by atoms with Crippen LogP contribution in [0.5, 0.6) is 11.5 Å². The van der Waals surface area contributed by atoms with Crippen molar-refractivity contribution in [1.29, 1.82) is 0 Å². The topological polar surface area (TPSA) is 51.1 Å². The van der Waals surface area contributed by atoms with Gasteiger partial charge in [0.25, 0.3) is 5.91 Å². The molecule has 0 aromatic heterocycles. The van der Waals surface area contributed by atoms with Gasteiger partial charge in [-0.1, -0.05) is 5.57 Å². The van der Waals surface area contributed by atoms with Gasteiger partial charge in [-0.05, 0) is 40.2 Å². The van der Waals surface area contributed by atoms with Gasteiger partial charge in [-0.2, -0.15) is 0 Å². The molecular weight excluding hydrogens is 292 g/mol. The molecule has 1 aromatic carbocycles. The van der Waals surface area contributed by atoms with E-state index in [1.54, 1.807) is 24.1 Å². The van der Waals surface area contributed by atoms with Gasteiger partial charge >= 0.3 is 0 Å². The van der Waals surface area contributed by atoms with Gasteiger partial charge in [0.15, 0.2) is 11.5 Å². The number of hydrogen-bond donors (Lipinski definition) is 0. The zero-order chi connectivity index (χ0) is 16.8. The van der Waals surface area contributed by atoms with E-state index >= 15 is 0 Å². The fourth-order valence-electron chi connectivity index (χ4n) is 2.85. The van der Waals surface area contributed by atoms with E-state index < -0.39 is 0 Å². The summed E-state index contributed by atoms with van der Waals surface area (Å²) >= 11 is 0. The van der Waals surface area contributed by atoms with Crippen LogP contribution in [0.25, 0.3) is 0 Å². The summed E-state index contributed by atoms with van der Waals surface area (Å²) < 4.78 is 11.4. The molecule has 3 rings (SSSR count). The normalized spacial score (nSPS) is 19.9. The van der Waals surface area contributed by atoms with Crippen LogP contribution < -0.4 is 9.47 Å². The van der Waals surface area contributed by atoms with Gasteiger partial charge in [-0.25, -0.2) is 0 Å². The number of fused-ring (bicyclic) bond motifs is 2. The van der Waals surface area contributed by atoms with E-state index in [0.717, 1.165) is 6.42 Å². The van der Waals surface area contributed by atoms with Crippen LogP contribution in [0.4, 0.5) is 5.69 Å². The minimum atomic E-state index is -0.361. The molecule has 122 valence electrons. The molecule has 2 aliphatic heterocycles. The fraction of sp³-hybridized carbons (Fsp3) is 0.444. The molecule has 5 heteroatoms. The third-order valence-electron chi connectivity index (χ3n) is 3.80. The van der Waals surface area contributed by atoms with Crippen molar-refractivity contribution in [3.05, 3.63) is 29.5 Å². The first-order valence-corrected chi connectivity index (χ1v) is 7.74. The Labute approximate surface area is 136 Å². The SMILES string of the molecule is COc1cc2c(cc1OC(C)(C)C)N=C[C@@H]1CC(C)=CN1C2=O. The van der Waals surface area contributed by atoms with Gasteiger partial charge in [0.05, 0.1) is 24.4 Å². The van der Waals surface area contributed by atoms with Crippen molar-refractivity contribution in [2.45, 2.75) is 45.8 Å². The molecule has 23 heavy (non-hydrogen) atoms. The highest BCUT2D eigenvalue weighted by Gasteiger charge is 2.32. The van der Waals surface area contributed by atoms with Crippen molar-refractivity contribution in [3.8, 4) is 11.5 Å². The summed E-state index contributed by atoms with van der Waals surface area (Å²) in [5.74, 6) is 1.08. The first kappa shape index (κ1) is 15.6. The van der Waals surface area contributed by atoms with Crippen molar-refractivity contribution in [3.63, 3.8) is 0 Å². The highest BCUT2D eigenvalue weighted by molar-refractivity contribution is 6.04. The second-order valence-electron chi connectivity index (χ2n) is 6.97. The maximum atomic E-state index is 12.8. The minimum Gasteiger partial charge on any atom is -0.493 e. The van der Waals surface area contributed by atoms with E-state index in [2.05, 4.69) is 4.99 Å². The second-order valence-corrected chi connectivity index (χ2v) is 6.97. The molecule has 5 nitrogen and oxygen atoms in total. The first-order valence-electron chi connectivity index (χ1n) is 7.74. The molecule has 1 aromatic rings. The van der Waals surface area contributed by atoms with E-state index in [-0.39, 0.29) is 17.6 Å². The van der Waals surface area contributed by atoms with Crippen LogP contribution in [-0.4, -0.2) is 35.8 Å². The van der Waals surface area contributed by atoms with Crippen molar-refractivity contribution >= 4 is 17.8 Å². The van der Waals surface area contributed by atoms with Crippen LogP contribution in [0, 0.1) is 0 Å². The summed E-state index contributed by atoms with van der Waals surface area (Å²) in [5.41, 5.74) is 1.97. The second kappa shape index (κ2) is 5.41. The highest BCUT2D eigenvalue weighted by atomic mass is 16.5. The Kier molecular flexibility index (Phi) is 3.66. The molecule has 2 aliphatic rings. The average Bonchev–Trinajstić information content (AvgIpc) is 2.78. The van der Waals surface area contributed by atoms with Crippen molar-refractivity contribution in [2.75, 3.05) is 7.11 Å². The van der Waals surface area contributed by atoms with Crippen molar-refractivity contribution in [1.82, 2.24) is 4.90 Å². The van der Waals surface area contributed by atoms with Crippen LogP contribution in [0.1, 0.15) is 44.5 Å². The monoisotopic (exact) mass is 314 g/mol. The van der Waals surface area contributed by atoms with Crippen LogP contribution in [0.15, 0.2) is 28.9 Å². The Morgan fingerprint density at radius 3 is 2.65 bits per heavy atom. The molecule has 0 aliphatic carbocycles. The van der Waals surface area contributed by atoms with Gasteiger partial charge in [0, 0.05) is 18.5 Å². The average molecular weight is 314 g/mol. The summed E-state index contributed by atoms with van der Waals surface area (Å²) in [6, 6.07) is 3.50. The van der Waals surface area contributed by atoms with Gasteiger partial charge < -0.3 is 14.4 Å². The molecule has 0 radical (unpaired) electrons. The lowest BCUT2D eigenvalue weighted by Crippen LogP contribution is -2.32. The quantitative estimate of drug-likeness (QED) is 0.836. The van der Waals surface area contributed by atoms with Crippen molar-refractivity contribution < 1.29 is 14.3 Å². The molecule has 0 N–H and O–H groups in total. The lowest BCUT2D eigenvalue weighted by molar-refractivity contribution is 0.0817. The molecule has 0 unspecified atom stereocenters. The zero-order valence-electron chi connectivity index (χ0n) is 14.2. The maximum absolute atomic E-state index is 12.8. The number of amides is 1. The van der Waals surface area contributed by atoms with E-state index in [4.69, 9.17) is 9.47 Å². The molecule has 0 spiro atoms. The molecule has 1 atom stereocenters. The number of rotatable bonds is 2. The summed E-state index contributed by atoms with van der Waals surface area (Å²) in [7, 11) is 1.57. The summed E-state index contributed by atoms with van der Waals surface area (Å²) in [6.07, 6.45) is 4.57. The standard InChI is InChI=1S/C18H22N2O3/c1-11-6-12-9-19-14-8-16(23-18(2,3)4)15(22-5)7-13(14)17(21)20(12)10-11/h7-10,12H,6H2,1-5H3/t12-/m0/s1. The summed E-state index contributed by atoms with van der Waals surface area (Å²) in [5, 5.41) is 0. The number of carbonyl (C=O) groups excluding carboxylic acids is 1. The Balaban J connectivity index is 2.07. The minimum absolute atomic E-state index is 0.00659. The summed E-state index contributed by atoms with van der Waals surface area (Å²) in [4.78, 5) is 19.1. The smallest absolute Gasteiger partial charge is 0.260 e. The number of nitrogens with zero attached hydrogens (tertiary/aromatic N) is 2. The molecule has 1 amide bonds. The van der Waals surface area contributed by atoms with Gasteiger partial charge in [-0.3, -0.25) is 9.79 Å². The highest BCUT2D eigenvalue weighted by Crippen LogP contribution is 2.39. The molecule has 0 fully saturated rings. The zero-order valence-corrected chi connectivity index (χ0v) is 14.2. The summed E-state index contributed by atoms with van der Waals surface area (Å²) in [6.45, 7) is 7.93. The lowest BCUT2D eigenvalue weighted by atomic mass is 10.1. The van der Waals surface area contributed by atoms with Crippen molar-refractivity contribution in [2.24, 2.45) is 4.99 Å². The van der Waals surface area contributed by atoms with Crippen LogP contribution in [-0.2, 0) is 0 Å². The Hall–Kier alpha value is -2.30. The molecule has 2 heterocycles.